The molecule has 0 aliphatic carbocycles. The van der Waals surface area contributed by atoms with Crippen LogP contribution in [-0.4, -0.2) is 15.4 Å². The second-order valence-electron chi connectivity index (χ2n) is 6.99. The normalized spacial score (nSPS) is 12.1. The number of nitriles is 1. The Morgan fingerprint density at radius 2 is 1.88 bits per heavy atom. The topological polar surface area (TPSA) is 131 Å². The number of non-ortho nitro benzene ring substituents is 1. The number of nitro benzene ring substituents is 1. The molecule has 4 aromatic rings. The number of benzene rings is 2. The van der Waals surface area contributed by atoms with Crippen LogP contribution in [0.4, 0.5) is 5.69 Å². The highest BCUT2D eigenvalue weighted by atomic mass is 32.1. The molecule has 2 heterocycles. The molecule has 0 aliphatic heterocycles. The number of carbonyl (C=O) groups excluding carboxylic acids is 1. The molecule has 0 atom stereocenters. The van der Waals surface area contributed by atoms with Gasteiger partial charge in [-0.15, -0.1) is 11.3 Å². The van der Waals surface area contributed by atoms with Gasteiger partial charge in [-0.2, -0.15) is 5.26 Å². The quantitative estimate of drug-likeness (QED) is 0.338. The summed E-state index contributed by atoms with van der Waals surface area (Å²) in [6, 6.07) is 19.7. The first-order chi connectivity index (χ1) is 16.5. The third-order valence-corrected chi connectivity index (χ3v) is 5.89. The Kier molecular flexibility index (Phi) is 6.47. The fraction of sp³-hybridized carbons (Fsp3) is 0.0417. The summed E-state index contributed by atoms with van der Waals surface area (Å²) in [4.78, 5) is 36.5. The summed E-state index contributed by atoms with van der Waals surface area (Å²) >= 11 is 0.988. The Bertz CT molecular complexity index is 1560. The summed E-state index contributed by atoms with van der Waals surface area (Å²) in [5.74, 6) is -0.129. The standard InChI is InChI=1S/C24H16N4O5S/c25-14-20(22(29)26-15-19-7-4-12-33-19)24-27(17-5-2-1-3-6-17)23(30)21(34-24)13-16-8-10-18(11-9-16)28(31)32/h1-13H,15H2,(H,26,29). The van der Waals surface area contributed by atoms with Crippen molar-refractivity contribution in [3.8, 4) is 11.8 Å². The third kappa shape index (κ3) is 4.69. The van der Waals surface area contributed by atoms with Crippen molar-refractivity contribution in [3.63, 3.8) is 0 Å². The lowest BCUT2D eigenvalue weighted by Crippen LogP contribution is -2.33. The van der Waals surface area contributed by atoms with E-state index >= 15 is 0 Å². The smallest absolute Gasteiger partial charge is 0.273 e. The Hall–Kier alpha value is -4.75. The van der Waals surface area contributed by atoms with Crippen molar-refractivity contribution in [2.45, 2.75) is 6.54 Å². The highest BCUT2D eigenvalue weighted by molar-refractivity contribution is 7.07. The van der Waals surface area contributed by atoms with Crippen molar-refractivity contribution in [3.05, 3.63) is 114 Å². The van der Waals surface area contributed by atoms with Gasteiger partial charge in [0.05, 0.1) is 28.0 Å². The molecule has 1 N–H and O–H groups in total. The van der Waals surface area contributed by atoms with Crippen molar-refractivity contribution in [1.82, 2.24) is 9.88 Å². The van der Waals surface area contributed by atoms with Crippen molar-refractivity contribution < 1.29 is 14.1 Å². The number of nitro groups is 1. The molecule has 0 aliphatic rings. The number of thiazole rings is 1. The second kappa shape index (κ2) is 9.81. The second-order valence-corrected chi connectivity index (χ2v) is 8.02. The molecule has 0 fully saturated rings. The van der Waals surface area contributed by atoms with Gasteiger partial charge in [-0.05, 0) is 48.0 Å². The molecule has 2 aromatic heterocycles. The van der Waals surface area contributed by atoms with Crippen LogP contribution in [0.5, 0.6) is 0 Å². The summed E-state index contributed by atoms with van der Waals surface area (Å²) in [7, 11) is 0. The first kappa shape index (κ1) is 22.4. The Morgan fingerprint density at radius 1 is 1.15 bits per heavy atom. The van der Waals surface area contributed by atoms with Crippen LogP contribution in [0, 0.1) is 21.4 Å². The molecule has 34 heavy (non-hydrogen) atoms. The molecule has 0 spiro atoms. The summed E-state index contributed by atoms with van der Waals surface area (Å²) in [5.41, 5.74) is 0.348. The zero-order valence-corrected chi connectivity index (χ0v) is 18.3. The van der Waals surface area contributed by atoms with Gasteiger partial charge in [0.25, 0.3) is 17.2 Å². The summed E-state index contributed by atoms with van der Waals surface area (Å²) in [6.07, 6.45) is 3.04. The van der Waals surface area contributed by atoms with E-state index in [0.717, 1.165) is 11.3 Å². The molecule has 1 amide bonds. The summed E-state index contributed by atoms with van der Waals surface area (Å²) < 4.78 is 6.95. The van der Waals surface area contributed by atoms with Crippen LogP contribution in [0.2, 0.25) is 0 Å². The fourth-order valence-electron chi connectivity index (χ4n) is 3.17. The highest BCUT2D eigenvalue weighted by Gasteiger charge is 2.17. The van der Waals surface area contributed by atoms with Gasteiger partial charge in [-0.25, -0.2) is 0 Å². The molecule has 0 radical (unpaired) electrons. The molecule has 168 valence electrons. The van der Waals surface area contributed by atoms with E-state index in [1.807, 2.05) is 6.07 Å². The van der Waals surface area contributed by atoms with Crippen LogP contribution in [0.1, 0.15) is 11.3 Å². The van der Waals surface area contributed by atoms with Crippen molar-refractivity contribution >= 4 is 34.6 Å². The van der Waals surface area contributed by atoms with Crippen molar-refractivity contribution in [1.29, 1.82) is 5.26 Å². The van der Waals surface area contributed by atoms with E-state index in [0.29, 0.717) is 17.0 Å². The lowest BCUT2D eigenvalue weighted by atomic mass is 10.2. The van der Waals surface area contributed by atoms with Gasteiger partial charge in [-0.3, -0.25) is 24.3 Å². The molecule has 2 aromatic carbocycles. The SMILES string of the molecule is N#CC(C(=O)NCc1ccco1)=c1sc(=Cc2ccc([N+](=O)[O-])cc2)c(=O)n1-c1ccccc1. The number of para-hydroxylation sites is 1. The molecule has 4 rings (SSSR count). The van der Waals surface area contributed by atoms with Crippen molar-refractivity contribution in [2.75, 3.05) is 0 Å². The van der Waals surface area contributed by atoms with Crippen LogP contribution >= 0.6 is 11.3 Å². The number of nitrogens with one attached hydrogen (secondary N) is 1. The van der Waals surface area contributed by atoms with Crippen LogP contribution < -0.4 is 20.1 Å². The Balaban J connectivity index is 1.87. The fourth-order valence-corrected chi connectivity index (χ4v) is 4.27. The lowest BCUT2D eigenvalue weighted by molar-refractivity contribution is -0.384. The first-order valence-electron chi connectivity index (χ1n) is 9.96. The minimum atomic E-state index is -0.647. The molecular formula is C24H16N4O5S. The van der Waals surface area contributed by atoms with Gasteiger partial charge < -0.3 is 9.73 Å². The lowest BCUT2D eigenvalue weighted by Gasteiger charge is -2.04. The summed E-state index contributed by atoms with van der Waals surface area (Å²) in [6.45, 7) is 0.0831. The average molecular weight is 472 g/mol. The van der Waals surface area contributed by atoms with E-state index in [-0.39, 0.29) is 27.0 Å². The van der Waals surface area contributed by atoms with Crippen LogP contribution in [-0.2, 0) is 11.3 Å². The maximum Gasteiger partial charge on any atom is 0.273 e. The highest BCUT2D eigenvalue weighted by Crippen LogP contribution is 2.12. The predicted octanol–water partition coefficient (Wildman–Crippen LogP) is 2.22. The van der Waals surface area contributed by atoms with E-state index in [1.165, 1.54) is 35.1 Å². The minimum Gasteiger partial charge on any atom is -0.467 e. The third-order valence-electron chi connectivity index (χ3n) is 4.80. The maximum atomic E-state index is 13.3. The number of aromatic nitrogens is 1. The number of furan rings is 1. The number of nitrogens with zero attached hydrogens (tertiary/aromatic N) is 3. The Labute approximate surface area is 196 Å². The van der Waals surface area contributed by atoms with Gasteiger partial charge in [0.1, 0.15) is 16.5 Å². The zero-order valence-electron chi connectivity index (χ0n) is 17.5. The Morgan fingerprint density at radius 3 is 2.50 bits per heavy atom. The molecule has 9 nitrogen and oxygen atoms in total. The number of amides is 1. The molecule has 0 unspecified atom stereocenters. The monoisotopic (exact) mass is 472 g/mol. The van der Waals surface area contributed by atoms with Gasteiger partial charge in [0.15, 0.2) is 5.57 Å². The van der Waals surface area contributed by atoms with Crippen molar-refractivity contribution in [2.24, 2.45) is 0 Å². The van der Waals surface area contributed by atoms with Gasteiger partial charge in [0.2, 0.25) is 0 Å². The van der Waals surface area contributed by atoms with Crippen LogP contribution in [0.15, 0.2) is 82.2 Å². The van der Waals surface area contributed by atoms with E-state index in [9.17, 15) is 25.0 Å². The zero-order chi connectivity index (χ0) is 24.1. The molecular weight excluding hydrogens is 456 g/mol. The number of hydrogen-bond donors (Lipinski definition) is 1. The molecule has 10 heteroatoms. The maximum absolute atomic E-state index is 13.3. The molecule has 0 saturated heterocycles. The van der Waals surface area contributed by atoms with E-state index in [2.05, 4.69) is 5.32 Å². The van der Waals surface area contributed by atoms with E-state index in [1.54, 1.807) is 48.5 Å². The number of rotatable bonds is 6. The van der Waals surface area contributed by atoms with E-state index in [4.69, 9.17) is 4.42 Å². The summed E-state index contributed by atoms with van der Waals surface area (Å²) in [5, 5.41) is 23.3. The van der Waals surface area contributed by atoms with E-state index < -0.39 is 16.4 Å². The van der Waals surface area contributed by atoms with Gasteiger partial charge in [-0.1, -0.05) is 18.2 Å². The average Bonchev–Trinajstić information content (AvgIpc) is 3.47. The number of carbonyl (C=O) groups is 1. The molecule has 0 saturated carbocycles. The predicted molar refractivity (Wildman–Crippen MR) is 125 cm³/mol. The van der Waals surface area contributed by atoms with Crippen LogP contribution in [0.25, 0.3) is 17.3 Å². The van der Waals surface area contributed by atoms with Gasteiger partial charge >= 0.3 is 0 Å². The number of hydrogen-bond acceptors (Lipinski definition) is 7. The van der Waals surface area contributed by atoms with Gasteiger partial charge in [0, 0.05) is 12.1 Å². The minimum absolute atomic E-state index is 0.0703. The molecule has 0 bridgehead atoms. The first-order valence-corrected chi connectivity index (χ1v) is 10.8. The van der Waals surface area contributed by atoms with Crippen LogP contribution in [0.3, 0.4) is 0 Å². The largest absolute Gasteiger partial charge is 0.467 e.